The average Bonchev–Trinajstić information content (AvgIpc) is 2.30. The highest BCUT2D eigenvalue weighted by Crippen LogP contribution is 2.26. The normalized spacial score (nSPS) is 16.1. The number of hydrogen-bond donors (Lipinski definition) is 1. The summed E-state index contributed by atoms with van der Waals surface area (Å²) >= 11 is 3.39. The Morgan fingerprint density at radius 1 is 1.58 bits per heavy atom. The first-order valence-electron chi connectivity index (χ1n) is 3.89. The Labute approximate surface area is 80.5 Å². The van der Waals surface area contributed by atoms with Crippen LogP contribution in [0.4, 0.5) is 0 Å². The molecule has 0 fully saturated rings. The average molecular weight is 233 g/mol. The van der Waals surface area contributed by atoms with Crippen LogP contribution in [-0.2, 0) is 7.05 Å². The van der Waals surface area contributed by atoms with Gasteiger partial charge in [-0.05, 0) is 22.9 Å². The summed E-state index contributed by atoms with van der Waals surface area (Å²) in [6.45, 7) is 3.76. The molecule has 0 radical (unpaired) electrons. The number of rotatable bonds is 2. The molecule has 3 nitrogen and oxygen atoms in total. The van der Waals surface area contributed by atoms with E-state index in [0.717, 1.165) is 10.2 Å². The van der Waals surface area contributed by atoms with Crippen LogP contribution in [0.2, 0.25) is 0 Å². The molecule has 2 atom stereocenters. The molecule has 4 heteroatoms. The second kappa shape index (κ2) is 3.58. The quantitative estimate of drug-likeness (QED) is 0.843. The highest BCUT2D eigenvalue weighted by atomic mass is 79.9. The van der Waals surface area contributed by atoms with Crippen molar-refractivity contribution in [2.45, 2.75) is 25.9 Å². The van der Waals surface area contributed by atoms with Gasteiger partial charge in [0.05, 0.1) is 22.5 Å². The SMILES string of the molecule is CC(O)C(C)c1c(Br)cnn1C. The van der Waals surface area contributed by atoms with Crippen molar-refractivity contribution < 1.29 is 5.11 Å². The molecule has 12 heavy (non-hydrogen) atoms. The minimum Gasteiger partial charge on any atom is -0.393 e. The van der Waals surface area contributed by atoms with Crippen molar-refractivity contribution in [3.05, 3.63) is 16.4 Å². The predicted octanol–water partition coefficient (Wildman–Crippen LogP) is 1.67. The Bertz CT molecular complexity index is 251. The van der Waals surface area contributed by atoms with Crippen molar-refractivity contribution in [2.75, 3.05) is 0 Å². The third-order valence-electron chi connectivity index (χ3n) is 2.09. The molecule has 1 N–H and O–H groups in total. The Hall–Kier alpha value is -0.350. The number of hydrogen-bond acceptors (Lipinski definition) is 2. The first kappa shape index (κ1) is 9.74. The van der Waals surface area contributed by atoms with Crippen LogP contribution in [-0.4, -0.2) is 21.0 Å². The molecule has 0 spiro atoms. The zero-order valence-corrected chi connectivity index (χ0v) is 9.04. The van der Waals surface area contributed by atoms with Gasteiger partial charge in [-0.15, -0.1) is 0 Å². The smallest absolute Gasteiger partial charge is 0.0635 e. The fourth-order valence-corrected chi connectivity index (χ4v) is 1.87. The standard InChI is InChI=1S/C8H13BrN2O/c1-5(6(2)12)8-7(9)4-10-11(8)3/h4-6,12H,1-3H3. The first-order valence-corrected chi connectivity index (χ1v) is 4.68. The van der Waals surface area contributed by atoms with E-state index in [-0.39, 0.29) is 12.0 Å². The molecule has 0 bridgehead atoms. The van der Waals surface area contributed by atoms with E-state index in [9.17, 15) is 5.11 Å². The van der Waals surface area contributed by atoms with Gasteiger partial charge in [0.2, 0.25) is 0 Å². The molecule has 0 aliphatic carbocycles. The molecule has 0 saturated carbocycles. The van der Waals surface area contributed by atoms with Gasteiger partial charge in [0, 0.05) is 13.0 Å². The lowest BCUT2D eigenvalue weighted by atomic mass is 10.0. The van der Waals surface area contributed by atoms with Gasteiger partial charge in [-0.25, -0.2) is 0 Å². The summed E-state index contributed by atoms with van der Waals surface area (Å²) in [5, 5.41) is 13.5. The molecular formula is C8H13BrN2O. The molecule has 0 aromatic carbocycles. The molecule has 0 amide bonds. The van der Waals surface area contributed by atoms with Crippen LogP contribution < -0.4 is 0 Å². The number of aliphatic hydroxyl groups excluding tert-OH is 1. The second-order valence-corrected chi connectivity index (χ2v) is 3.88. The molecule has 1 aromatic rings. The van der Waals surface area contributed by atoms with Crippen LogP contribution in [0.25, 0.3) is 0 Å². The van der Waals surface area contributed by atoms with Gasteiger partial charge >= 0.3 is 0 Å². The highest BCUT2D eigenvalue weighted by molar-refractivity contribution is 9.10. The molecule has 0 saturated heterocycles. The van der Waals surface area contributed by atoms with E-state index < -0.39 is 0 Å². The predicted molar refractivity (Wildman–Crippen MR) is 51.0 cm³/mol. The molecular weight excluding hydrogens is 220 g/mol. The van der Waals surface area contributed by atoms with E-state index >= 15 is 0 Å². The van der Waals surface area contributed by atoms with Crippen molar-refractivity contribution in [1.82, 2.24) is 9.78 Å². The van der Waals surface area contributed by atoms with Crippen molar-refractivity contribution in [2.24, 2.45) is 7.05 Å². The molecule has 1 aromatic heterocycles. The zero-order chi connectivity index (χ0) is 9.30. The number of aliphatic hydroxyl groups is 1. The van der Waals surface area contributed by atoms with E-state index in [1.807, 2.05) is 14.0 Å². The van der Waals surface area contributed by atoms with Crippen LogP contribution in [0.5, 0.6) is 0 Å². The van der Waals surface area contributed by atoms with Gasteiger partial charge in [0.1, 0.15) is 0 Å². The van der Waals surface area contributed by atoms with Crippen LogP contribution in [0.1, 0.15) is 25.5 Å². The topological polar surface area (TPSA) is 38.1 Å². The maximum Gasteiger partial charge on any atom is 0.0635 e. The van der Waals surface area contributed by atoms with Gasteiger partial charge in [-0.2, -0.15) is 5.10 Å². The van der Waals surface area contributed by atoms with Crippen molar-refractivity contribution in [1.29, 1.82) is 0 Å². The number of aromatic nitrogens is 2. The third-order valence-corrected chi connectivity index (χ3v) is 2.70. The number of aryl methyl sites for hydroxylation is 1. The molecule has 0 aliphatic rings. The monoisotopic (exact) mass is 232 g/mol. The van der Waals surface area contributed by atoms with Crippen LogP contribution in [0.15, 0.2) is 10.7 Å². The molecule has 0 aliphatic heterocycles. The van der Waals surface area contributed by atoms with E-state index in [1.165, 1.54) is 0 Å². The molecule has 68 valence electrons. The minimum absolute atomic E-state index is 0.104. The Morgan fingerprint density at radius 3 is 2.50 bits per heavy atom. The van der Waals surface area contributed by atoms with Gasteiger partial charge < -0.3 is 5.11 Å². The maximum absolute atomic E-state index is 9.38. The number of halogens is 1. The second-order valence-electron chi connectivity index (χ2n) is 3.03. The maximum atomic E-state index is 9.38. The summed E-state index contributed by atoms with van der Waals surface area (Å²) in [6.07, 6.45) is 1.39. The largest absolute Gasteiger partial charge is 0.393 e. The summed E-state index contributed by atoms with van der Waals surface area (Å²) in [5.74, 6) is 0.104. The Kier molecular flexibility index (Phi) is 2.90. The van der Waals surface area contributed by atoms with Crippen molar-refractivity contribution in [3.8, 4) is 0 Å². The fourth-order valence-electron chi connectivity index (χ4n) is 1.16. The van der Waals surface area contributed by atoms with Crippen LogP contribution in [0.3, 0.4) is 0 Å². The fraction of sp³-hybridized carbons (Fsp3) is 0.625. The minimum atomic E-state index is -0.350. The van der Waals surface area contributed by atoms with Gasteiger partial charge in [0.15, 0.2) is 0 Å². The van der Waals surface area contributed by atoms with Gasteiger partial charge in [-0.1, -0.05) is 6.92 Å². The van der Waals surface area contributed by atoms with Crippen LogP contribution >= 0.6 is 15.9 Å². The Balaban J connectivity index is 3.00. The Morgan fingerprint density at radius 2 is 2.17 bits per heavy atom. The summed E-state index contributed by atoms with van der Waals surface area (Å²) < 4.78 is 2.74. The molecule has 2 unspecified atom stereocenters. The molecule has 1 rings (SSSR count). The van der Waals surface area contributed by atoms with Crippen molar-refractivity contribution in [3.63, 3.8) is 0 Å². The van der Waals surface area contributed by atoms with Crippen molar-refractivity contribution >= 4 is 15.9 Å². The third kappa shape index (κ3) is 1.69. The lowest BCUT2D eigenvalue weighted by Crippen LogP contribution is -2.15. The van der Waals surface area contributed by atoms with E-state index in [0.29, 0.717) is 0 Å². The summed E-state index contributed by atoms with van der Waals surface area (Å²) in [5.41, 5.74) is 1.03. The lowest BCUT2D eigenvalue weighted by molar-refractivity contribution is 0.165. The van der Waals surface area contributed by atoms with E-state index in [2.05, 4.69) is 21.0 Å². The zero-order valence-electron chi connectivity index (χ0n) is 7.45. The highest BCUT2D eigenvalue weighted by Gasteiger charge is 2.18. The number of nitrogens with zero attached hydrogens (tertiary/aromatic N) is 2. The van der Waals surface area contributed by atoms with Gasteiger partial charge in [-0.3, -0.25) is 4.68 Å². The summed E-state index contributed by atoms with van der Waals surface area (Å²) in [7, 11) is 1.87. The van der Waals surface area contributed by atoms with Gasteiger partial charge in [0.25, 0.3) is 0 Å². The first-order chi connectivity index (χ1) is 5.54. The summed E-state index contributed by atoms with van der Waals surface area (Å²) in [4.78, 5) is 0. The van der Waals surface area contributed by atoms with E-state index in [4.69, 9.17) is 0 Å². The van der Waals surface area contributed by atoms with Crippen LogP contribution in [0, 0.1) is 0 Å². The summed E-state index contributed by atoms with van der Waals surface area (Å²) in [6, 6.07) is 0. The lowest BCUT2D eigenvalue weighted by Gasteiger charge is -2.15. The molecule has 1 heterocycles. The van der Waals surface area contributed by atoms with E-state index in [1.54, 1.807) is 17.8 Å².